The molecule has 5 heterocycles. The number of rotatable bonds is 2. The van der Waals surface area contributed by atoms with Crippen molar-refractivity contribution in [3.05, 3.63) is 94.2 Å². The van der Waals surface area contributed by atoms with Gasteiger partial charge in [0, 0.05) is 52.5 Å². The van der Waals surface area contributed by atoms with E-state index in [1.54, 1.807) is 0 Å². The molecule has 0 saturated carbocycles. The SMILES string of the molecule is CC1(C)C2=C3C=C4C5=[N+](CCC4OC3CCN2c2ccc(CC(=O)O)cc21)c1ccc2ccccc2c1C5(C)C. The molecule has 8 rings (SSSR count). The maximum absolute atomic E-state index is 11.5. The zero-order chi connectivity index (χ0) is 27.6. The summed E-state index contributed by atoms with van der Waals surface area (Å²) >= 11 is 0. The maximum Gasteiger partial charge on any atom is 0.307 e. The number of nitrogens with zero attached hydrogens (tertiary/aromatic N) is 2. The second-order valence-corrected chi connectivity index (χ2v) is 13.1. The van der Waals surface area contributed by atoms with Gasteiger partial charge in [-0.3, -0.25) is 4.79 Å². The Morgan fingerprint density at radius 2 is 1.85 bits per heavy atom. The minimum atomic E-state index is -0.793. The second-order valence-electron chi connectivity index (χ2n) is 13.1. The van der Waals surface area contributed by atoms with Crippen molar-refractivity contribution in [2.75, 3.05) is 18.0 Å². The first-order valence-corrected chi connectivity index (χ1v) is 14.6. The van der Waals surface area contributed by atoms with Gasteiger partial charge >= 0.3 is 5.97 Å². The average molecular weight is 532 g/mol. The first-order valence-electron chi connectivity index (χ1n) is 14.6. The van der Waals surface area contributed by atoms with Crippen LogP contribution in [-0.2, 0) is 26.8 Å². The topological polar surface area (TPSA) is 52.8 Å². The lowest BCUT2D eigenvalue weighted by Crippen LogP contribution is -2.47. The Kier molecular flexibility index (Phi) is 4.79. The third-order valence-corrected chi connectivity index (χ3v) is 10.0. The number of anilines is 1. The fourth-order valence-corrected chi connectivity index (χ4v) is 8.48. The molecule has 5 nitrogen and oxygen atoms in total. The van der Waals surface area contributed by atoms with E-state index in [4.69, 9.17) is 4.74 Å². The number of fused-ring (bicyclic) bond motifs is 10. The van der Waals surface area contributed by atoms with Gasteiger partial charge in [-0.15, -0.1) is 0 Å². The second kappa shape index (κ2) is 7.94. The van der Waals surface area contributed by atoms with Crippen molar-refractivity contribution in [2.24, 2.45) is 0 Å². The summed E-state index contributed by atoms with van der Waals surface area (Å²) in [5.74, 6) is -0.793. The van der Waals surface area contributed by atoms with Crippen LogP contribution in [0.25, 0.3) is 10.8 Å². The fourth-order valence-electron chi connectivity index (χ4n) is 8.48. The predicted octanol–water partition coefficient (Wildman–Crippen LogP) is 6.40. The van der Waals surface area contributed by atoms with Crippen molar-refractivity contribution >= 4 is 33.8 Å². The molecule has 5 heteroatoms. The minimum absolute atomic E-state index is 0.0468. The molecule has 0 bridgehead atoms. The lowest BCUT2D eigenvalue weighted by atomic mass is 9.73. The highest BCUT2D eigenvalue weighted by Crippen LogP contribution is 2.54. The Balaban J connectivity index is 1.30. The molecule has 3 aromatic rings. The molecule has 0 radical (unpaired) electrons. The van der Waals surface area contributed by atoms with Gasteiger partial charge in [-0.2, -0.15) is 4.58 Å². The number of aliphatic carboxylic acids is 1. The van der Waals surface area contributed by atoms with Crippen molar-refractivity contribution < 1.29 is 19.2 Å². The van der Waals surface area contributed by atoms with Crippen molar-refractivity contribution in [1.82, 2.24) is 0 Å². The molecule has 0 fully saturated rings. The predicted molar refractivity (Wildman–Crippen MR) is 158 cm³/mol. The van der Waals surface area contributed by atoms with Crippen LogP contribution >= 0.6 is 0 Å². The van der Waals surface area contributed by atoms with Gasteiger partial charge < -0.3 is 14.7 Å². The van der Waals surface area contributed by atoms with Crippen molar-refractivity contribution in [1.29, 1.82) is 0 Å². The van der Waals surface area contributed by atoms with Gasteiger partial charge in [0.15, 0.2) is 12.3 Å². The molecule has 0 aliphatic carbocycles. The monoisotopic (exact) mass is 531 g/mol. The summed E-state index contributed by atoms with van der Waals surface area (Å²) in [6.45, 7) is 11.2. The first-order chi connectivity index (χ1) is 19.2. The molecule has 0 amide bonds. The summed E-state index contributed by atoms with van der Waals surface area (Å²) in [5.41, 5.74) is 11.0. The lowest BCUT2D eigenvalue weighted by Gasteiger charge is -2.42. The Hall–Kier alpha value is -3.70. The van der Waals surface area contributed by atoms with Gasteiger partial charge in [-0.1, -0.05) is 50.2 Å². The van der Waals surface area contributed by atoms with Gasteiger partial charge in [-0.05, 0) is 60.4 Å². The lowest BCUT2D eigenvalue weighted by molar-refractivity contribution is -0.445. The van der Waals surface area contributed by atoms with Crippen LogP contribution in [0, 0.1) is 0 Å². The van der Waals surface area contributed by atoms with E-state index in [9.17, 15) is 9.90 Å². The normalized spacial score (nSPS) is 25.1. The van der Waals surface area contributed by atoms with E-state index in [2.05, 4.69) is 91.8 Å². The first kappa shape index (κ1) is 24.1. The number of hydrogen-bond acceptors (Lipinski definition) is 3. The summed E-state index contributed by atoms with van der Waals surface area (Å²) in [4.78, 5) is 13.9. The molecule has 1 N–H and O–H groups in total. The molecule has 2 atom stereocenters. The Morgan fingerprint density at radius 3 is 2.67 bits per heavy atom. The van der Waals surface area contributed by atoms with Crippen LogP contribution in [0.3, 0.4) is 0 Å². The Morgan fingerprint density at radius 1 is 1.02 bits per heavy atom. The molecule has 2 unspecified atom stereocenters. The van der Waals surface area contributed by atoms with E-state index in [-0.39, 0.29) is 29.5 Å². The molecule has 0 saturated heterocycles. The molecular weight excluding hydrogens is 496 g/mol. The number of benzene rings is 3. The van der Waals surface area contributed by atoms with E-state index < -0.39 is 5.97 Å². The standard InChI is InChI=1S/C35H34N2O3/c1-34(2)25-17-20(18-30(38)39)9-11-26(25)36-15-13-28-23(32(34)36)19-24-29(40-28)14-16-37-27-12-10-21-7-5-6-8-22(21)31(27)35(3,4)33(24)37/h5-12,17,19,28-29H,13-16,18H2,1-4H3/p+1. The number of carbonyl (C=O) groups is 1. The number of hydrogen-bond donors (Lipinski definition) is 1. The van der Waals surface area contributed by atoms with Gasteiger partial charge in [0.2, 0.25) is 5.69 Å². The third-order valence-electron chi connectivity index (χ3n) is 10.0. The molecule has 5 aliphatic rings. The van der Waals surface area contributed by atoms with Crippen LogP contribution in [0.4, 0.5) is 11.4 Å². The molecule has 40 heavy (non-hydrogen) atoms. The quantitative estimate of drug-likeness (QED) is 0.389. The van der Waals surface area contributed by atoms with Gasteiger partial charge in [0.1, 0.15) is 0 Å². The number of ether oxygens (including phenoxy) is 1. The van der Waals surface area contributed by atoms with Gasteiger partial charge in [0.05, 0.1) is 24.0 Å². The number of carboxylic acids is 1. The molecule has 202 valence electrons. The van der Waals surface area contributed by atoms with Crippen LogP contribution in [0.5, 0.6) is 0 Å². The maximum atomic E-state index is 11.5. The highest BCUT2D eigenvalue weighted by Gasteiger charge is 2.54. The average Bonchev–Trinajstić information content (AvgIpc) is 3.31. The third kappa shape index (κ3) is 3.07. The van der Waals surface area contributed by atoms with Crippen LogP contribution in [0.2, 0.25) is 0 Å². The summed E-state index contributed by atoms with van der Waals surface area (Å²) in [6, 6.07) is 19.6. The fraction of sp³-hybridized carbons (Fsp3) is 0.371. The summed E-state index contributed by atoms with van der Waals surface area (Å²) < 4.78 is 9.54. The summed E-state index contributed by atoms with van der Waals surface area (Å²) in [5, 5.41) is 12.0. The van der Waals surface area contributed by atoms with Crippen molar-refractivity contribution in [3.8, 4) is 0 Å². The molecule has 0 aromatic heterocycles. The van der Waals surface area contributed by atoms with Crippen LogP contribution in [-0.4, -0.2) is 46.7 Å². The molecule has 5 aliphatic heterocycles. The largest absolute Gasteiger partial charge is 0.481 e. The van der Waals surface area contributed by atoms with Crippen molar-refractivity contribution in [3.63, 3.8) is 0 Å². The van der Waals surface area contributed by atoms with E-state index in [0.29, 0.717) is 0 Å². The minimum Gasteiger partial charge on any atom is -0.481 e. The highest BCUT2D eigenvalue weighted by atomic mass is 16.5. The van der Waals surface area contributed by atoms with E-state index in [0.717, 1.165) is 31.5 Å². The highest BCUT2D eigenvalue weighted by molar-refractivity contribution is 6.11. The molecule has 3 aromatic carbocycles. The molecule has 0 spiro atoms. The van der Waals surface area contributed by atoms with Crippen LogP contribution < -0.4 is 4.90 Å². The zero-order valence-corrected chi connectivity index (χ0v) is 23.6. The van der Waals surface area contributed by atoms with E-state index in [1.807, 2.05) is 6.07 Å². The van der Waals surface area contributed by atoms with Gasteiger partial charge in [0.25, 0.3) is 0 Å². The Labute approximate surface area is 235 Å². The Bertz CT molecular complexity index is 1760. The zero-order valence-electron chi connectivity index (χ0n) is 23.6. The number of carboxylic acid groups (broad SMARTS) is 1. The van der Waals surface area contributed by atoms with Crippen LogP contribution in [0.15, 0.2) is 77.5 Å². The van der Waals surface area contributed by atoms with E-state index >= 15 is 0 Å². The van der Waals surface area contributed by atoms with Crippen molar-refractivity contribution in [2.45, 2.75) is 70.0 Å². The number of allylic oxidation sites excluding steroid dienone is 1. The van der Waals surface area contributed by atoms with Gasteiger partial charge in [-0.25, -0.2) is 0 Å². The van der Waals surface area contributed by atoms with Crippen LogP contribution in [0.1, 0.15) is 57.2 Å². The molecular formula is C35H35N2O3+. The summed E-state index contributed by atoms with van der Waals surface area (Å²) in [6.07, 6.45) is 4.68. The summed E-state index contributed by atoms with van der Waals surface area (Å²) in [7, 11) is 0. The smallest absolute Gasteiger partial charge is 0.307 e. The van der Waals surface area contributed by atoms with E-state index in [1.165, 1.54) is 55.8 Å².